The van der Waals surface area contributed by atoms with Crippen LogP contribution in [0, 0.1) is 13.8 Å². The summed E-state index contributed by atoms with van der Waals surface area (Å²) in [5.41, 5.74) is 15.5. The van der Waals surface area contributed by atoms with Gasteiger partial charge in [-0.25, -0.2) is 0 Å². The van der Waals surface area contributed by atoms with E-state index in [9.17, 15) is 0 Å². The van der Waals surface area contributed by atoms with Crippen molar-refractivity contribution in [3.8, 4) is 22.5 Å². The molecule has 0 aliphatic carbocycles. The quantitative estimate of drug-likeness (QED) is 0.0824. The normalized spacial score (nSPS) is 11.9. The molecule has 2 heteroatoms. The Morgan fingerprint density at radius 2 is 0.679 bits per heavy atom. The van der Waals surface area contributed by atoms with Crippen molar-refractivity contribution in [2.45, 2.75) is 118 Å². The molecule has 8 rings (SSSR count). The Morgan fingerprint density at radius 1 is 0.339 bits per heavy atom. The summed E-state index contributed by atoms with van der Waals surface area (Å²) in [6, 6.07) is 46.5. The lowest BCUT2D eigenvalue weighted by atomic mass is 10.0. The molecular weight excluding hydrogens is 677 g/mol. The third-order valence-corrected chi connectivity index (χ3v) is 12.2. The second-order valence-electron chi connectivity index (χ2n) is 16.5. The zero-order chi connectivity index (χ0) is 38.4. The minimum Gasteiger partial charge on any atom is -0.309 e. The van der Waals surface area contributed by atoms with E-state index in [4.69, 9.17) is 0 Å². The zero-order valence-corrected chi connectivity index (χ0v) is 34.3. The maximum Gasteiger partial charge on any atom is 0.0541 e. The van der Waals surface area contributed by atoms with Gasteiger partial charge in [0.2, 0.25) is 0 Å². The van der Waals surface area contributed by atoms with Crippen molar-refractivity contribution >= 4 is 43.6 Å². The van der Waals surface area contributed by atoms with E-state index in [0.29, 0.717) is 0 Å². The van der Waals surface area contributed by atoms with Crippen LogP contribution in [0.15, 0.2) is 121 Å². The molecule has 0 bridgehead atoms. The molecule has 0 radical (unpaired) electrons. The van der Waals surface area contributed by atoms with Crippen LogP contribution in [-0.4, -0.2) is 9.13 Å². The fourth-order valence-electron chi connectivity index (χ4n) is 9.06. The Morgan fingerprint density at radius 3 is 1.07 bits per heavy atom. The first-order valence-corrected chi connectivity index (χ1v) is 21.8. The van der Waals surface area contributed by atoms with Crippen molar-refractivity contribution in [1.82, 2.24) is 9.13 Å². The van der Waals surface area contributed by atoms with E-state index in [1.165, 1.54) is 165 Å². The molecule has 0 saturated heterocycles. The van der Waals surface area contributed by atoms with E-state index < -0.39 is 0 Å². The SMILES string of the molecule is CCCCCCCCc1ccc2c(c1)c1cc(C)ccc1n2-c1ccc(-c2ccc(-n3c4ccc(C)cc4c4cc(CCCCCCCC)ccc43)cc2)cc1. The van der Waals surface area contributed by atoms with Crippen molar-refractivity contribution in [1.29, 1.82) is 0 Å². The molecule has 286 valence electrons. The number of hydrogen-bond donors (Lipinski definition) is 0. The summed E-state index contributed by atoms with van der Waals surface area (Å²) in [5.74, 6) is 0. The van der Waals surface area contributed by atoms with E-state index in [1.807, 2.05) is 0 Å². The van der Waals surface area contributed by atoms with Crippen LogP contribution in [0.25, 0.3) is 66.1 Å². The van der Waals surface area contributed by atoms with Crippen LogP contribution in [0.2, 0.25) is 0 Å². The summed E-state index contributed by atoms with van der Waals surface area (Å²) >= 11 is 0. The van der Waals surface area contributed by atoms with E-state index in [-0.39, 0.29) is 0 Å². The van der Waals surface area contributed by atoms with Crippen LogP contribution in [-0.2, 0) is 12.8 Å². The Kier molecular flexibility index (Phi) is 11.7. The second kappa shape index (κ2) is 17.4. The van der Waals surface area contributed by atoms with Crippen molar-refractivity contribution in [3.63, 3.8) is 0 Å². The first kappa shape index (κ1) is 37.8. The highest BCUT2D eigenvalue weighted by molar-refractivity contribution is 6.10. The van der Waals surface area contributed by atoms with Gasteiger partial charge in [-0.2, -0.15) is 0 Å². The van der Waals surface area contributed by atoms with E-state index >= 15 is 0 Å². The highest BCUT2D eigenvalue weighted by Crippen LogP contribution is 2.36. The van der Waals surface area contributed by atoms with Gasteiger partial charge in [0.15, 0.2) is 0 Å². The molecule has 0 spiro atoms. The first-order chi connectivity index (χ1) is 27.5. The molecule has 0 atom stereocenters. The average Bonchev–Trinajstić information content (AvgIpc) is 3.71. The van der Waals surface area contributed by atoms with Crippen molar-refractivity contribution in [3.05, 3.63) is 144 Å². The maximum atomic E-state index is 2.46. The predicted octanol–water partition coefficient (Wildman–Crippen LogP) is 16.0. The lowest BCUT2D eigenvalue weighted by molar-refractivity contribution is 0.607. The summed E-state index contributed by atoms with van der Waals surface area (Å²) in [4.78, 5) is 0. The Labute approximate surface area is 335 Å². The second-order valence-corrected chi connectivity index (χ2v) is 16.5. The van der Waals surface area contributed by atoms with Crippen LogP contribution in [0.5, 0.6) is 0 Å². The highest BCUT2D eigenvalue weighted by atomic mass is 15.0. The van der Waals surface area contributed by atoms with E-state index in [1.54, 1.807) is 0 Å². The smallest absolute Gasteiger partial charge is 0.0541 e. The number of aromatic nitrogens is 2. The van der Waals surface area contributed by atoms with Crippen molar-refractivity contribution in [2.24, 2.45) is 0 Å². The van der Waals surface area contributed by atoms with Gasteiger partial charge in [0.05, 0.1) is 22.1 Å². The summed E-state index contributed by atoms with van der Waals surface area (Å²) in [5, 5.41) is 5.42. The average molecular weight is 737 g/mol. The zero-order valence-electron chi connectivity index (χ0n) is 34.3. The fraction of sp³-hybridized carbons (Fsp3) is 0.333. The van der Waals surface area contributed by atoms with Gasteiger partial charge in [-0.1, -0.05) is 138 Å². The maximum absolute atomic E-state index is 2.46. The molecule has 0 aliphatic heterocycles. The molecule has 6 aromatic carbocycles. The summed E-state index contributed by atoms with van der Waals surface area (Å²) < 4.78 is 4.91. The van der Waals surface area contributed by atoms with E-state index in [2.05, 4.69) is 158 Å². The standard InChI is InChI=1S/C54H60N2/c1-5-7-9-11-13-15-17-41-21-33-53-49(37-41)47-35-39(3)19-31-51(47)55(53)45-27-23-43(24-28-45)44-25-29-46(30-26-44)56-52-32-20-40(4)36-48(52)50-38-42(22-34-54(50)56)18-16-14-12-10-8-6-2/h19-38H,5-18H2,1-4H3. The molecule has 2 nitrogen and oxygen atoms in total. The number of nitrogens with zero attached hydrogens (tertiary/aromatic N) is 2. The molecule has 0 N–H and O–H groups in total. The van der Waals surface area contributed by atoms with Crippen LogP contribution >= 0.6 is 0 Å². The minimum absolute atomic E-state index is 1.16. The molecule has 8 aromatic rings. The molecule has 2 heterocycles. The number of hydrogen-bond acceptors (Lipinski definition) is 0. The number of aryl methyl sites for hydroxylation is 4. The number of rotatable bonds is 17. The molecule has 0 fully saturated rings. The number of fused-ring (bicyclic) bond motifs is 6. The van der Waals surface area contributed by atoms with Gasteiger partial charge in [-0.05, 0) is 135 Å². The van der Waals surface area contributed by atoms with Crippen LogP contribution in [0.1, 0.15) is 113 Å². The minimum atomic E-state index is 1.16. The van der Waals surface area contributed by atoms with Gasteiger partial charge in [0, 0.05) is 32.9 Å². The number of unbranched alkanes of at least 4 members (excludes halogenated alkanes) is 10. The van der Waals surface area contributed by atoms with Crippen LogP contribution < -0.4 is 0 Å². The largest absolute Gasteiger partial charge is 0.309 e. The summed E-state index contributed by atoms with van der Waals surface area (Å²) in [6.07, 6.45) is 18.3. The first-order valence-electron chi connectivity index (χ1n) is 21.8. The van der Waals surface area contributed by atoms with Crippen LogP contribution in [0.4, 0.5) is 0 Å². The van der Waals surface area contributed by atoms with Gasteiger partial charge in [-0.3, -0.25) is 0 Å². The topological polar surface area (TPSA) is 9.86 Å². The summed E-state index contributed by atoms with van der Waals surface area (Å²) in [7, 11) is 0. The third kappa shape index (κ3) is 7.94. The van der Waals surface area contributed by atoms with Crippen molar-refractivity contribution < 1.29 is 0 Å². The van der Waals surface area contributed by atoms with Gasteiger partial charge < -0.3 is 9.13 Å². The Bertz CT molecular complexity index is 2380. The monoisotopic (exact) mass is 736 g/mol. The van der Waals surface area contributed by atoms with Crippen LogP contribution in [0.3, 0.4) is 0 Å². The third-order valence-electron chi connectivity index (χ3n) is 12.2. The molecule has 56 heavy (non-hydrogen) atoms. The van der Waals surface area contributed by atoms with Gasteiger partial charge >= 0.3 is 0 Å². The molecule has 0 saturated carbocycles. The lowest BCUT2D eigenvalue weighted by Crippen LogP contribution is -1.95. The highest BCUT2D eigenvalue weighted by Gasteiger charge is 2.16. The molecule has 0 aliphatic rings. The summed E-state index contributed by atoms with van der Waals surface area (Å²) in [6.45, 7) is 9.00. The van der Waals surface area contributed by atoms with Gasteiger partial charge in [0.25, 0.3) is 0 Å². The molecule has 0 unspecified atom stereocenters. The van der Waals surface area contributed by atoms with Gasteiger partial charge in [-0.15, -0.1) is 0 Å². The Hall–Kier alpha value is -5.08. The number of benzene rings is 6. The molecular formula is C54H60N2. The fourth-order valence-corrected chi connectivity index (χ4v) is 9.06. The Balaban J connectivity index is 1.05. The van der Waals surface area contributed by atoms with Gasteiger partial charge in [0.1, 0.15) is 0 Å². The molecule has 2 aromatic heterocycles. The predicted molar refractivity (Wildman–Crippen MR) is 244 cm³/mol. The van der Waals surface area contributed by atoms with Crippen molar-refractivity contribution in [2.75, 3.05) is 0 Å². The van der Waals surface area contributed by atoms with E-state index in [0.717, 1.165) is 12.8 Å². The molecule has 0 amide bonds. The lowest BCUT2D eigenvalue weighted by Gasteiger charge is -2.12.